The van der Waals surface area contributed by atoms with Crippen LogP contribution < -0.4 is 5.73 Å². The smallest absolute Gasteiger partial charge is 0.0468 e. The summed E-state index contributed by atoms with van der Waals surface area (Å²) in [4.78, 5) is 1.59. The molecule has 100 valence electrons. The van der Waals surface area contributed by atoms with Gasteiger partial charge in [-0.25, -0.2) is 0 Å². The van der Waals surface area contributed by atoms with E-state index >= 15 is 0 Å². The standard InChI is InChI=1S/C15H23NOS/c16-14(10-11-4-7-17-8-5-11)12-2-1-3-15-13(12)6-9-18-15/h6,9,11-12,14H,1-5,7-8,10,16H2. The molecular formula is C15H23NOS. The molecule has 2 heterocycles. The predicted molar refractivity (Wildman–Crippen MR) is 76.1 cm³/mol. The van der Waals surface area contributed by atoms with Crippen LogP contribution in [0, 0.1) is 5.92 Å². The van der Waals surface area contributed by atoms with E-state index in [2.05, 4.69) is 11.4 Å². The van der Waals surface area contributed by atoms with E-state index in [0.717, 1.165) is 19.1 Å². The molecule has 1 aromatic heterocycles. The number of fused-ring (bicyclic) bond motifs is 1. The van der Waals surface area contributed by atoms with E-state index in [1.54, 1.807) is 10.4 Å². The molecule has 2 atom stereocenters. The topological polar surface area (TPSA) is 35.2 Å². The zero-order chi connectivity index (χ0) is 12.4. The highest BCUT2D eigenvalue weighted by Gasteiger charge is 2.28. The van der Waals surface area contributed by atoms with Crippen molar-refractivity contribution in [2.45, 2.75) is 50.5 Å². The van der Waals surface area contributed by atoms with Crippen LogP contribution in [0.3, 0.4) is 0 Å². The van der Waals surface area contributed by atoms with Crippen LogP contribution in [0.15, 0.2) is 11.4 Å². The predicted octanol–water partition coefficient (Wildman–Crippen LogP) is 3.31. The molecule has 0 amide bonds. The lowest BCUT2D eigenvalue weighted by Crippen LogP contribution is -2.34. The monoisotopic (exact) mass is 265 g/mol. The third-order valence-electron chi connectivity index (χ3n) is 4.56. The summed E-state index contributed by atoms with van der Waals surface area (Å²) in [5.41, 5.74) is 8.08. The van der Waals surface area contributed by atoms with E-state index in [1.165, 1.54) is 38.5 Å². The number of hydrogen-bond donors (Lipinski definition) is 1. The molecule has 0 bridgehead atoms. The lowest BCUT2D eigenvalue weighted by atomic mass is 9.78. The average molecular weight is 265 g/mol. The summed E-state index contributed by atoms with van der Waals surface area (Å²) in [5.74, 6) is 1.40. The van der Waals surface area contributed by atoms with Crippen LogP contribution in [-0.4, -0.2) is 19.3 Å². The quantitative estimate of drug-likeness (QED) is 0.910. The van der Waals surface area contributed by atoms with Crippen LogP contribution in [0.1, 0.15) is 48.5 Å². The first kappa shape index (κ1) is 12.6. The first-order valence-electron chi connectivity index (χ1n) is 7.24. The van der Waals surface area contributed by atoms with Crippen LogP contribution in [0.25, 0.3) is 0 Å². The maximum absolute atomic E-state index is 6.52. The van der Waals surface area contributed by atoms with Gasteiger partial charge in [-0.1, -0.05) is 0 Å². The first-order chi connectivity index (χ1) is 8.84. The van der Waals surface area contributed by atoms with Gasteiger partial charge in [-0.15, -0.1) is 11.3 Å². The van der Waals surface area contributed by atoms with E-state index in [-0.39, 0.29) is 0 Å². The molecule has 2 unspecified atom stereocenters. The Labute approximate surface area is 114 Å². The molecule has 1 saturated heterocycles. The minimum atomic E-state index is 0.349. The highest BCUT2D eigenvalue weighted by Crippen LogP contribution is 2.38. The van der Waals surface area contributed by atoms with Crippen molar-refractivity contribution >= 4 is 11.3 Å². The fourth-order valence-electron chi connectivity index (χ4n) is 3.50. The Morgan fingerprint density at radius 1 is 1.33 bits per heavy atom. The van der Waals surface area contributed by atoms with Gasteiger partial charge in [0.25, 0.3) is 0 Å². The molecule has 1 aliphatic carbocycles. The SMILES string of the molecule is NC(CC1CCOCC1)C1CCCc2sccc21. The van der Waals surface area contributed by atoms with Gasteiger partial charge in [-0.3, -0.25) is 0 Å². The van der Waals surface area contributed by atoms with E-state index in [1.807, 2.05) is 11.3 Å². The molecule has 1 aliphatic heterocycles. The third kappa shape index (κ3) is 2.63. The Bertz CT molecular complexity index is 384. The van der Waals surface area contributed by atoms with Gasteiger partial charge in [0.2, 0.25) is 0 Å². The zero-order valence-electron chi connectivity index (χ0n) is 10.9. The zero-order valence-corrected chi connectivity index (χ0v) is 11.8. The molecule has 0 aromatic carbocycles. The number of rotatable bonds is 3. The van der Waals surface area contributed by atoms with Gasteiger partial charge in [-0.2, -0.15) is 0 Å². The van der Waals surface area contributed by atoms with Gasteiger partial charge in [0, 0.05) is 30.1 Å². The Morgan fingerprint density at radius 2 is 2.17 bits per heavy atom. The minimum absolute atomic E-state index is 0.349. The summed E-state index contributed by atoms with van der Waals surface area (Å²) < 4.78 is 5.43. The molecule has 0 spiro atoms. The van der Waals surface area contributed by atoms with Gasteiger partial charge in [-0.05, 0) is 61.5 Å². The molecular weight excluding hydrogens is 242 g/mol. The van der Waals surface area contributed by atoms with E-state index in [0.29, 0.717) is 12.0 Å². The van der Waals surface area contributed by atoms with E-state index < -0.39 is 0 Å². The van der Waals surface area contributed by atoms with Gasteiger partial charge in [0.1, 0.15) is 0 Å². The summed E-state index contributed by atoms with van der Waals surface area (Å²) in [6.07, 6.45) is 7.47. The van der Waals surface area contributed by atoms with Crippen LogP contribution in [-0.2, 0) is 11.2 Å². The van der Waals surface area contributed by atoms with Gasteiger partial charge in [0.15, 0.2) is 0 Å². The van der Waals surface area contributed by atoms with Crippen molar-refractivity contribution in [2.24, 2.45) is 11.7 Å². The summed E-state index contributed by atoms with van der Waals surface area (Å²) >= 11 is 1.92. The minimum Gasteiger partial charge on any atom is -0.381 e. The highest BCUT2D eigenvalue weighted by molar-refractivity contribution is 7.10. The lowest BCUT2D eigenvalue weighted by molar-refractivity contribution is 0.0607. The summed E-state index contributed by atoms with van der Waals surface area (Å²) in [6.45, 7) is 1.87. The lowest BCUT2D eigenvalue weighted by Gasteiger charge is -2.32. The van der Waals surface area contributed by atoms with E-state index in [9.17, 15) is 0 Å². The molecule has 18 heavy (non-hydrogen) atoms. The number of hydrogen-bond acceptors (Lipinski definition) is 3. The van der Waals surface area contributed by atoms with Crippen molar-refractivity contribution in [3.8, 4) is 0 Å². The molecule has 3 heteroatoms. The molecule has 2 N–H and O–H groups in total. The summed E-state index contributed by atoms with van der Waals surface area (Å²) in [5, 5.41) is 2.24. The second-order valence-corrected chi connectivity index (χ2v) is 6.75. The second kappa shape index (κ2) is 5.72. The van der Waals surface area contributed by atoms with Gasteiger partial charge < -0.3 is 10.5 Å². The largest absolute Gasteiger partial charge is 0.381 e. The van der Waals surface area contributed by atoms with Crippen molar-refractivity contribution < 1.29 is 4.74 Å². The van der Waals surface area contributed by atoms with Crippen LogP contribution in [0.5, 0.6) is 0 Å². The normalized spacial score (nSPS) is 26.8. The summed E-state index contributed by atoms with van der Waals surface area (Å²) in [7, 11) is 0. The number of nitrogens with two attached hydrogens (primary N) is 1. The van der Waals surface area contributed by atoms with Crippen LogP contribution in [0.4, 0.5) is 0 Å². The number of aryl methyl sites for hydroxylation is 1. The maximum atomic E-state index is 6.52. The Morgan fingerprint density at radius 3 is 3.00 bits per heavy atom. The molecule has 2 nitrogen and oxygen atoms in total. The van der Waals surface area contributed by atoms with Gasteiger partial charge in [0.05, 0.1) is 0 Å². The first-order valence-corrected chi connectivity index (χ1v) is 8.12. The average Bonchev–Trinajstić information content (AvgIpc) is 2.87. The van der Waals surface area contributed by atoms with Crippen molar-refractivity contribution in [1.82, 2.24) is 0 Å². The molecule has 0 radical (unpaired) electrons. The van der Waals surface area contributed by atoms with Crippen molar-refractivity contribution in [2.75, 3.05) is 13.2 Å². The van der Waals surface area contributed by atoms with Crippen LogP contribution >= 0.6 is 11.3 Å². The van der Waals surface area contributed by atoms with Crippen molar-refractivity contribution in [3.63, 3.8) is 0 Å². The fourth-order valence-corrected chi connectivity index (χ4v) is 4.49. The molecule has 1 aromatic rings. The third-order valence-corrected chi connectivity index (χ3v) is 5.56. The molecule has 2 aliphatic rings. The molecule has 1 fully saturated rings. The molecule has 3 rings (SSSR count). The Hall–Kier alpha value is -0.380. The number of ether oxygens (including phenoxy) is 1. The molecule has 0 saturated carbocycles. The fraction of sp³-hybridized carbons (Fsp3) is 0.733. The van der Waals surface area contributed by atoms with Crippen LogP contribution in [0.2, 0.25) is 0 Å². The van der Waals surface area contributed by atoms with E-state index in [4.69, 9.17) is 10.5 Å². The van der Waals surface area contributed by atoms with Crippen molar-refractivity contribution in [3.05, 3.63) is 21.9 Å². The highest BCUT2D eigenvalue weighted by atomic mass is 32.1. The summed E-state index contributed by atoms with van der Waals surface area (Å²) in [6, 6.07) is 2.66. The Balaban J connectivity index is 1.64. The van der Waals surface area contributed by atoms with Gasteiger partial charge >= 0.3 is 0 Å². The second-order valence-electron chi connectivity index (χ2n) is 5.75. The number of thiophene rings is 1. The maximum Gasteiger partial charge on any atom is 0.0468 e. The Kier molecular flexibility index (Phi) is 4.02. The van der Waals surface area contributed by atoms with Crippen molar-refractivity contribution in [1.29, 1.82) is 0 Å².